The minimum atomic E-state index is -0.540. The molecule has 1 unspecified atom stereocenters. The Morgan fingerprint density at radius 1 is 1.19 bits per heavy atom. The van der Waals surface area contributed by atoms with E-state index < -0.39 is 10.5 Å². The van der Waals surface area contributed by atoms with E-state index in [2.05, 4.69) is 10.4 Å². The Labute approximate surface area is 182 Å². The lowest BCUT2D eigenvalue weighted by atomic mass is 10.0. The van der Waals surface area contributed by atoms with Gasteiger partial charge in [0.1, 0.15) is 10.8 Å². The molecule has 1 fully saturated rings. The molecule has 0 aliphatic carbocycles. The highest BCUT2D eigenvalue weighted by molar-refractivity contribution is 6.33. The summed E-state index contributed by atoms with van der Waals surface area (Å²) in [6, 6.07) is 12.1. The van der Waals surface area contributed by atoms with Crippen LogP contribution < -0.4 is 15.8 Å². The first kappa shape index (κ1) is 20.8. The third-order valence-corrected chi connectivity index (χ3v) is 5.56. The van der Waals surface area contributed by atoms with Crippen LogP contribution in [0.1, 0.15) is 12.8 Å². The number of nitro benzene ring substituents is 1. The minimum absolute atomic E-state index is 0.0311. The van der Waals surface area contributed by atoms with Crippen molar-refractivity contribution < 1.29 is 9.31 Å². The summed E-state index contributed by atoms with van der Waals surface area (Å²) in [4.78, 5) is 25.0. The molecule has 0 bridgehead atoms. The maximum atomic E-state index is 14.1. The summed E-state index contributed by atoms with van der Waals surface area (Å²) in [6.45, 7) is 1.30. The summed E-state index contributed by atoms with van der Waals surface area (Å²) in [5, 5.41) is 18.2. The number of rotatable bonds is 5. The Morgan fingerprint density at radius 3 is 2.65 bits per heavy atom. The van der Waals surface area contributed by atoms with Gasteiger partial charge in [-0.1, -0.05) is 23.7 Å². The summed E-state index contributed by atoms with van der Waals surface area (Å²) < 4.78 is 15.2. The van der Waals surface area contributed by atoms with E-state index >= 15 is 0 Å². The van der Waals surface area contributed by atoms with Crippen molar-refractivity contribution in [3.63, 3.8) is 0 Å². The molecule has 1 N–H and O–H groups in total. The van der Waals surface area contributed by atoms with Crippen LogP contribution in [0.4, 0.5) is 21.5 Å². The Bertz CT molecular complexity index is 1170. The molecule has 1 atom stereocenters. The van der Waals surface area contributed by atoms with Gasteiger partial charge in [-0.25, -0.2) is 4.39 Å². The van der Waals surface area contributed by atoms with E-state index in [4.69, 9.17) is 11.6 Å². The molecular formula is C21H19ClFN5O3. The van der Waals surface area contributed by atoms with Crippen LogP contribution in [-0.4, -0.2) is 33.8 Å². The van der Waals surface area contributed by atoms with E-state index in [1.54, 1.807) is 18.2 Å². The zero-order chi connectivity index (χ0) is 22.0. The number of benzene rings is 2. The van der Waals surface area contributed by atoms with Crippen molar-refractivity contribution in [2.24, 2.45) is 0 Å². The van der Waals surface area contributed by atoms with Crippen molar-refractivity contribution in [2.45, 2.75) is 18.9 Å². The molecule has 8 nitrogen and oxygen atoms in total. The van der Waals surface area contributed by atoms with Crippen molar-refractivity contribution in [1.82, 2.24) is 9.78 Å². The maximum Gasteiger partial charge on any atom is 0.292 e. The third kappa shape index (κ3) is 4.36. The van der Waals surface area contributed by atoms with Gasteiger partial charge in [0.25, 0.3) is 11.2 Å². The Kier molecular flexibility index (Phi) is 5.85. The summed E-state index contributed by atoms with van der Waals surface area (Å²) in [7, 11) is 0. The van der Waals surface area contributed by atoms with Gasteiger partial charge in [0.15, 0.2) is 0 Å². The first-order chi connectivity index (χ1) is 14.9. The van der Waals surface area contributed by atoms with Gasteiger partial charge in [-0.05, 0) is 37.1 Å². The van der Waals surface area contributed by atoms with E-state index in [-0.39, 0.29) is 22.6 Å². The van der Waals surface area contributed by atoms with Gasteiger partial charge in [0.2, 0.25) is 0 Å². The zero-order valence-corrected chi connectivity index (χ0v) is 17.1. The van der Waals surface area contributed by atoms with Crippen LogP contribution in [0.25, 0.3) is 5.69 Å². The van der Waals surface area contributed by atoms with Crippen LogP contribution >= 0.6 is 11.6 Å². The number of non-ortho nitro benzene ring substituents is 1. The van der Waals surface area contributed by atoms with Gasteiger partial charge in [0.05, 0.1) is 28.2 Å². The number of para-hydroxylation sites is 1. The van der Waals surface area contributed by atoms with Crippen molar-refractivity contribution in [3.8, 4) is 5.69 Å². The first-order valence-corrected chi connectivity index (χ1v) is 10.1. The van der Waals surface area contributed by atoms with E-state index in [1.807, 2.05) is 4.90 Å². The molecule has 2 heterocycles. The molecule has 2 aromatic carbocycles. The van der Waals surface area contributed by atoms with Crippen LogP contribution in [-0.2, 0) is 0 Å². The third-order valence-electron chi connectivity index (χ3n) is 5.20. The van der Waals surface area contributed by atoms with Crippen LogP contribution in [0.15, 0.2) is 59.5 Å². The molecule has 1 aliphatic rings. The van der Waals surface area contributed by atoms with E-state index in [9.17, 15) is 19.3 Å². The van der Waals surface area contributed by atoms with Gasteiger partial charge in [-0.3, -0.25) is 14.9 Å². The van der Waals surface area contributed by atoms with Gasteiger partial charge in [-0.15, -0.1) is 0 Å². The van der Waals surface area contributed by atoms with Gasteiger partial charge in [0, 0.05) is 31.3 Å². The van der Waals surface area contributed by atoms with Gasteiger partial charge < -0.3 is 10.2 Å². The van der Waals surface area contributed by atoms with Gasteiger partial charge >= 0.3 is 0 Å². The molecule has 0 amide bonds. The molecule has 0 saturated carbocycles. The monoisotopic (exact) mass is 443 g/mol. The molecule has 3 aromatic rings. The molecule has 160 valence electrons. The van der Waals surface area contributed by atoms with Crippen LogP contribution in [0, 0.1) is 15.9 Å². The molecule has 10 heteroatoms. The molecule has 1 aromatic heterocycles. The molecule has 1 aliphatic heterocycles. The standard InChI is InChI=1S/C21H19ClFN5O3/c22-20-18(12-24-27(21(20)29)15-7-9-16(10-8-15)28(30)31)25-14-4-3-11-26(13-14)19-6-2-1-5-17(19)23/h1-2,5-10,12,14,25H,3-4,11,13H2. The number of nitrogens with one attached hydrogen (secondary N) is 1. The number of nitrogens with zero attached hydrogens (tertiary/aromatic N) is 4. The molecular weight excluding hydrogens is 425 g/mol. The molecule has 0 radical (unpaired) electrons. The number of hydrogen-bond donors (Lipinski definition) is 1. The highest BCUT2D eigenvalue weighted by Crippen LogP contribution is 2.26. The molecule has 0 spiro atoms. The lowest BCUT2D eigenvalue weighted by Crippen LogP contribution is -2.42. The van der Waals surface area contributed by atoms with Crippen molar-refractivity contribution >= 4 is 28.7 Å². The predicted octanol–water partition coefficient (Wildman–Crippen LogP) is 4.01. The van der Waals surface area contributed by atoms with Gasteiger partial charge in [-0.2, -0.15) is 9.78 Å². The summed E-state index contributed by atoms with van der Waals surface area (Å²) >= 11 is 6.31. The van der Waals surface area contributed by atoms with E-state index in [0.717, 1.165) is 24.1 Å². The van der Waals surface area contributed by atoms with Crippen molar-refractivity contribution in [2.75, 3.05) is 23.3 Å². The fraction of sp³-hybridized carbons (Fsp3) is 0.238. The average molecular weight is 444 g/mol. The predicted molar refractivity (Wildman–Crippen MR) is 117 cm³/mol. The SMILES string of the molecule is O=c1c(Cl)c(NC2CCCN(c3ccccc3F)C2)cnn1-c1ccc([N+](=O)[O-])cc1. The fourth-order valence-electron chi connectivity index (χ4n) is 3.67. The average Bonchev–Trinajstić information content (AvgIpc) is 2.78. The van der Waals surface area contributed by atoms with Crippen LogP contribution in [0.3, 0.4) is 0 Å². The number of halogens is 2. The molecule has 31 heavy (non-hydrogen) atoms. The number of nitro groups is 1. The zero-order valence-electron chi connectivity index (χ0n) is 16.4. The second-order valence-corrected chi connectivity index (χ2v) is 7.62. The quantitative estimate of drug-likeness (QED) is 0.473. The smallest absolute Gasteiger partial charge is 0.292 e. The number of hydrogen-bond acceptors (Lipinski definition) is 6. The lowest BCUT2D eigenvalue weighted by Gasteiger charge is -2.35. The van der Waals surface area contributed by atoms with Crippen molar-refractivity contribution in [1.29, 1.82) is 0 Å². The Hall–Kier alpha value is -3.46. The molecule has 1 saturated heterocycles. The topological polar surface area (TPSA) is 93.3 Å². The number of anilines is 2. The second-order valence-electron chi connectivity index (χ2n) is 7.24. The normalized spacial score (nSPS) is 16.2. The summed E-state index contributed by atoms with van der Waals surface area (Å²) in [5.74, 6) is -0.270. The van der Waals surface area contributed by atoms with E-state index in [0.29, 0.717) is 23.6 Å². The number of piperidine rings is 1. The summed E-state index contributed by atoms with van der Waals surface area (Å²) in [5.41, 5.74) is 0.685. The number of aromatic nitrogens is 2. The molecule has 4 rings (SSSR count). The second kappa shape index (κ2) is 8.73. The summed E-state index contributed by atoms with van der Waals surface area (Å²) in [6.07, 6.45) is 3.15. The van der Waals surface area contributed by atoms with Crippen molar-refractivity contribution in [3.05, 3.63) is 86.0 Å². The largest absolute Gasteiger partial charge is 0.378 e. The highest BCUT2D eigenvalue weighted by atomic mass is 35.5. The van der Waals surface area contributed by atoms with Crippen LogP contribution in [0.5, 0.6) is 0 Å². The Balaban J connectivity index is 1.53. The highest BCUT2D eigenvalue weighted by Gasteiger charge is 2.23. The first-order valence-electron chi connectivity index (χ1n) is 9.72. The fourth-order valence-corrected chi connectivity index (χ4v) is 3.86. The minimum Gasteiger partial charge on any atom is -0.378 e. The van der Waals surface area contributed by atoms with E-state index in [1.165, 1.54) is 36.5 Å². The van der Waals surface area contributed by atoms with Crippen LogP contribution in [0.2, 0.25) is 5.02 Å². The lowest BCUT2D eigenvalue weighted by molar-refractivity contribution is -0.384. The Morgan fingerprint density at radius 2 is 1.94 bits per heavy atom. The maximum absolute atomic E-state index is 14.1.